The van der Waals surface area contributed by atoms with Gasteiger partial charge in [-0.05, 0) is 48.1 Å². The Morgan fingerprint density at radius 1 is 1.05 bits per heavy atom. The monoisotopic (exact) mass is 557 g/mol. The summed E-state index contributed by atoms with van der Waals surface area (Å²) < 4.78 is 94.8. The van der Waals surface area contributed by atoms with Gasteiger partial charge in [-0.1, -0.05) is 26.0 Å². The van der Waals surface area contributed by atoms with E-state index in [4.69, 9.17) is 9.47 Å². The van der Waals surface area contributed by atoms with Crippen LogP contribution in [0.4, 0.5) is 23.4 Å². The van der Waals surface area contributed by atoms with Crippen LogP contribution in [0.2, 0.25) is 0 Å². The number of ether oxygens (including phenoxy) is 2. The average molecular weight is 558 g/mol. The summed E-state index contributed by atoms with van der Waals surface area (Å²) in [6.45, 7) is 5.75. The summed E-state index contributed by atoms with van der Waals surface area (Å²) in [5.41, 5.74) is -1.36. The van der Waals surface area contributed by atoms with Crippen LogP contribution < -0.4 is 5.32 Å². The average Bonchev–Trinajstić information content (AvgIpc) is 3.46. The predicted molar refractivity (Wildman–Crippen MR) is 132 cm³/mol. The number of fused-ring (bicyclic) bond motifs is 1. The van der Waals surface area contributed by atoms with E-state index in [0.717, 1.165) is 11.6 Å². The molecule has 2 atom stereocenters. The molecule has 1 aromatic carbocycles. The number of anilines is 1. The smallest absolute Gasteiger partial charge is 0.381 e. The number of halogens is 4. The molecule has 0 unspecified atom stereocenters. The third-order valence-corrected chi connectivity index (χ3v) is 10.1. The molecule has 38 heavy (non-hydrogen) atoms. The molecule has 0 aliphatic carbocycles. The highest BCUT2D eigenvalue weighted by Crippen LogP contribution is 2.46. The van der Waals surface area contributed by atoms with Crippen molar-refractivity contribution in [1.29, 1.82) is 0 Å². The van der Waals surface area contributed by atoms with E-state index in [1.807, 2.05) is 13.8 Å². The van der Waals surface area contributed by atoms with Gasteiger partial charge in [0.25, 0.3) is 0 Å². The predicted octanol–water partition coefficient (Wildman–Crippen LogP) is 4.45. The van der Waals surface area contributed by atoms with Crippen molar-refractivity contribution in [3.8, 4) is 0 Å². The Hall–Kier alpha value is -2.28. The van der Waals surface area contributed by atoms with E-state index in [0.29, 0.717) is 38.7 Å². The zero-order valence-corrected chi connectivity index (χ0v) is 22.0. The minimum Gasteiger partial charge on any atom is -0.381 e. The lowest BCUT2D eigenvalue weighted by atomic mass is 9.74. The van der Waals surface area contributed by atoms with Crippen molar-refractivity contribution in [3.63, 3.8) is 0 Å². The van der Waals surface area contributed by atoms with Gasteiger partial charge in [-0.2, -0.15) is 17.5 Å². The summed E-state index contributed by atoms with van der Waals surface area (Å²) in [4.78, 5) is 3.45. The van der Waals surface area contributed by atoms with E-state index in [1.54, 1.807) is 12.1 Å². The summed E-state index contributed by atoms with van der Waals surface area (Å²) in [5.74, 6) is -0.771. The molecule has 0 bridgehead atoms. The maximum absolute atomic E-state index is 13.9. The van der Waals surface area contributed by atoms with Gasteiger partial charge >= 0.3 is 6.18 Å². The molecule has 1 aromatic heterocycles. The third kappa shape index (κ3) is 4.91. The molecule has 7 nitrogen and oxygen atoms in total. The van der Waals surface area contributed by atoms with E-state index in [-0.39, 0.29) is 41.7 Å². The van der Waals surface area contributed by atoms with Crippen molar-refractivity contribution in [3.05, 3.63) is 53.5 Å². The highest BCUT2D eigenvalue weighted by molar-refractivity contribution is 7.89. The Labute approximate surface area is 219 Å². The summed E-state index contributed by atoms with van der Waals surface area (Å²) >= 11 is 0. The summed E-state index contributed by atoms with van der Waals surface area (Å²) in [6.07, 6.45) is -3.71. The maximum Gasteiger partial charge on any atom is 0.433 e. The largest absolute Gasteiger partial charge is 0.433 e. The van der Waals surface area contributed by atoms with Gasteiger partial charge in [0.15, 0.2) is 0 Å². The van der Waals surface area contributed by atoms with E-state index in [2.05, 4.69) is 10.3 Å². The number of pyridine rings is 1. The topological polar surface area (TPSA) is 80.8 Å². The van der Waals surface area contributed by atoms with Crippen molar-refractivity contribution in [2.75, 3.05) is 44.8 Å². The van der Waals surface area contributed by atoms with Crippen molar-refractivity contribution in [2.45, 2.75) is 49.2 Å². The first-order chi connectivity index (χ1) is 17.8. The standard InChI is InChI=1S/C26H31F4N3O4S/c1-24(2)16-33(20-14-37-13-19(20)24)38(34,35)21-7-8-22(26(28,29)30)32-23(21)31-15-25(9-11-36-12-10-25)17-3-5-18(27)6-4-17/h3-8,19-20H,9-16H2,1-2H3,(H,31,32)/t19-,20+/m0/s1. The molecule has 2 aromatic rings. The van der Waals surface area contributed by atoms with Crippen LogP contribution in [0, 0.1) is 17.2 Å². The van der Waals surface area contributed by atoms with Gasteiger partial charge in [0.2, 0.25) is 10.0 Å². The summed E-state index contributed by atoms with van der Waals surface area (Å²) in [7, 11) is -4.21. The molecule has 12 heteroatoms. The SMILES string of the molecule is CC1(C)CN(S(=O)(=O)c2ccc(C(F)(F)F)nc2NCC2(c3ccc(F)cc3)CCOCC2)[C@@H]2COC[C@@H]21. The molecule has 0 radical (unpaired) electrons. The Kier molecular flexibility index (Phi) is 6.98. The number of nitrogens with zero attached hydrogens (tertiary/aromatic N) is 2. The van der Waals surface area contributed by atoms with Gasteiger partial charge in [-0.25, -0.2) is 17.8 Å². The number of nitrogens with one attached hydrogen (secondary N) is 1. The molecular formula is C26H31F4N3O4S. The van der Waals surface area contributed by atoms with Crippen LogP contribution in [0.1, 0.15) is 37.9 Å². The molecule has 0 spiro atoms. The van der Waals surface area contributed by atoms with E-state index < -0.39 is 39.2 Å². The highest BCUT2D eigenvalue weighted by atomic mass is 32.2. The van der Waals surface area contributed by atoms with Crippen LogP contribution in [0.25, 0.3) is 0 Å². The van der Waals surface area contributed by atoms with Crippen LogP contribution in [-0.4, -0.2) is 63.3 Å². The zero-order valence-electron chi connectivity index (χ0n) is 21.2. The first-order valence-electron chi connectivity index (χ1n) is 12.6. The molecule has 3 fully saturated rings. The van der Waals surface area contributed by atoms with Crippen molar-refractivity contribution in [2.24, 2.45) is 11.3 Å². The maximum atomic E-state index is 13.9. The summed E-state index contributed by atoms with van der Waals surface area (Å²) in [6, 6.07) is 7.24. The molecule has 208 valence electrons. The third-order valence-electron chi connectivity index (χ3n) is 8.22. The number of sulfonamides is 1. The Morgan fingerprint density at radius 3 is 2.39 bits per heavy atom. The fourth-order valence-electron chi connectivity index (χ4n) is 5.92. The lowest BCUT2D eigenvalue weighted by Gasteiger charge is -2.38. The van der Waals surface area contributed by atoms with Crippen molar-refractivity contribution >= 4 is 15.8 Å². The second-order valence-corrected chi connectivity index (χ2v) is 12.9. The number of rotatable bonds is 6. The molecule has 0 saturated carbocycles. The number of hydrogen-bond acceptors (Lipinski definition) is 6. The normalized spacial score (nSPS) is 25.3. The highest BCUT2D eigenvalue weighted by Gasteiger charge is 2.54. The Bertz CT molecular complexity index is 1280. The number of benzene rings is 1. The lowest BCUT2D eigenvalue weighted by molar-refractivity contribution is -0.141. The first-order valence-corrected chi connectivity index (χ1v) is 14.0. The fraction of sp³-hybridized carbons (Fsp3) is 0.577. The van der Waals surface area contributed by atoms with E-state index in [1.165, 1.54) is 16.4 Å². The first kappa shape index (κ1) is 27.3. The fourth-order valence-corrected chi connectivity index (χ4v) is 7.85. The molecular weight excluding hydrogens is 526 g/mol. The molecule has 3 aliphatic heterocycles. The quantitative estimate of drug-likeness (QED) is 0.529. The van der Waals surface area contributed by atoms with Gasteiger partial charge in [0.05, 0.1) is 19.3 Å². The van der Waals surface area contributed by atoms with Crippen LogP contribution >= 0.6 is 0 Å². The van der Waals surface area contributed by atoms with Gasteiger partial charge in [-0.3, -0.25) is 0 Å². The Balaban J connectivity index is 1.52. The number of hydrogen-bond donors (Lipinski definition) is 1. The minimum atomic E-state index is -4.76. The number of alkyl halides is 3. The van der Waals surface area contributed by atoms with Crippen LogP contribution in [0.5, 0.6) is 0 Å². The molecule has 0 amide bonds. The summed E-state index contributed by atoms with van der Waals surface area (Å²) in [5, 5.41) is 2.96. The van der Waals surface area contributed by atoms with Crippen LogP contribution in [-0.2, 0) is 31.1 Å². The van der Waals surface area contributed by atoms with Crippen LogP contribution in [0.15, 0.2) is 41.3 Å². The molecule has 1 N–H and O–H groups in total. The van der Waals surface area contributed by atoms with Gasteiger partial charge < -0.3 is 14.8 Å². The Morgan fingerprint density at radius 2 is 1.74 bits per heavy atom. The molecule has 4 heterocycles. The van der Waals surface area contributed by atoms with Gasteiger partial charge in [-0.15, -0.1) is 0 Å². The second-order valence-electron chi connectivity index (χ2n) is 11.0. The molecule has 3 saturated heterocycles. The zero-order chi connectivity index (χ0) is 27.3. The van der Waals surface area contributed by atoms with Gasteiger partial charge in [0, 0.05) is 37.6 Å². The van der Waals surface area contributed by atoms with Crippen LogP contribution in [0.3, 0.4) is 0 Å². The second kappa shape index (κ2) is 9.72. The minimum absolute atomic E-state index is 0.0138. The number of aromatic nitrogens is 1. The van der Waals surface area contributed by atoms with E-state index >= 15 is 0 Å². The van der Waals surface area contributed by atoms with Crippen molar-refractivity contribution in [1.82, 2.24) is 9.29 Å². The molecule has 3 aliphatic rings. The lowest BCUT2D eigenvalue weighted by Crippen LogP contribution is -2.41. The van der Waals surface area contributed by atoms with Gasteiger partial charge in [0.1, 0.15) is 22.2 Å². The van der Waals surface area contributed by atoms with Crippen molar-refractivity contribution < 1.29 is 35.5 Å². The van der Waals surface area contributed by atoms with E-state index in [9.17, 15) is 26.0 Å². The molecule has 5 rings (SSSR count).